The molecule has 0 fully saturated rings. The minimum absolute atomic E-state index is 0.0330. The number of halogens is 1. The lowest BCUT2D eigenvalue weighted by Gasteiger charge is -2.22. The molecule has 23 heavy (non-hydrogen) atoms. The summed E-state index contributed by atoms with van der Waals surface area (Å²) in [5.74, 6) is 0.113. The smallest absolute Gasteiger partial charge is 0.126 e. The first kappa shape index (κ1) is 17.9. The van der Waals surface area contributed by atoms with E-state index in [4.69, 9.17) is 0 Å². The molecule has 0 aliphatic carbocycles. The summed E-state index contributed by atoms with van der Waals surface area (Å²) in [6.45, 7) is 10.8. The van der Waals surface area contributed by atoms with Gasteiger partial charge in [0, 0.05) is 17.4 Å². The van der Waals surface area contributed by atoms with Gasteiger partial charge in [-0.1, -0.05) is 20.7 Å². The van der Waals surface area contributed by atoms with E-state index in [1.165, 1.54) is 6.07 Å². The Kier molecular flexibility index (Phi) is 5.44. The fraction of sp³-hybridized carbons (Fsp3) is 0.368. The minimum Gasteiger partial charge on any atom is -0.507 e. The molecule has 2 aromatic carbocycles. The van der Waals surface area contributed by atoms with Crippen LogP contribution in [-0.2, 0) is 6.54 Å². The van der Waals surface area contributed by atoms with Crippen molar-refractivity contribution in [3.05, 3.63) is 52.8 Å². The van der Waals surface area contributed by atoms with Gasteiger partial charge in [-0.05, 0) is 74.8 Å². The fourth-order valence-corrected chi connectivity index (χ4v) is 3.78. The largest absolute Gasteiger partial charge is 0.507 e. The average molecular weight is 333 g/mol. The molecule has 0 amide bonds. The van der Waals surface area contributed by atoms with Crippen LogP contribution >= 0.6 is 8.58 Å². The van der Waals surface area contributed by atoms with Crippen LogP contribution in [0, 0.1) is 19.7 Å². The number of hydrogen-bond acceptors (Lipinski definition) is 2. The zero-order valence-corrected chi connectivity index (χ0v) is 15.4. The van der Waals surface area contributed by atoms with Crippen molar-refractivity contribution < 1.29 is 9.50 Å². The number of hydrogen-bond donors (Lipinski definition) is 2. The molecule has 2 nitrogen and oxygen atoms in total. The molecule has 0 bridgehead atoms. The van der Waals surface area contributed by atoms with Gasteiger partial charge in [0.2, 0.25) is 0 Å². The zero-order valence-electron chi connectivity index (χ0n) is 14.4. The van der Waals surface area contributed by atoms with E-state index >= 15 is 0 Å². The van der Waals surface area contributed by atoms with Crippen LogP contribution < -0.4 is 15.9 Å². The van der Waals surface area contributed by atoms with Crippen molar-refractivity contribution in [2.24, 2.45) is 0 Å². The number of aromatic hydroxyl groups is 1. The third-order valence-electron chi connectivity index (χ3n) is 3.59. The quantitative estimate of drug-likeness (QED) is 0.837. The molecule has 124 valence electrons. The van der Waals surface area contributed by atoms with Gasteiger partial charge < -0.3 is 10.4 Å². The molecule has 0 saturated carbocycles. The molecule has 0 aliphatic rings. The molecule has 0 spiro atoms. The molecule has 2 aromatic rings. The van der Waals surface area contributed by atoms with Crippen LogP contribution in [0.2, 0.25) is 0 Å². The highest BCUT2D eigenvalue weighted by Gasteiger charge is 2.13. The highest BCUT2D eigenvalue weighted by atomic mass is 31.1. The first-order chi connectivity index (χ1) is 10.7. The summed E-state index contributed by atoms with van der Waals surface area (Å²) < 4.78 is 13.6. The van der Waals surface area contributed by atoms with E-state index in [0.717, 1.165) is 27.3 Å². The van der Waals surface area contributed by atoms with E-state index < -0.39 is 0 Å². The number of phenolic OH excluding ortho intramolecular Hbond substituents is 1. The lowest BCUT2D eigenvalue weighted by Crippen LogP contribution is -2.36. The minimum atomic E-state index is -0.228. The Morgan fingerprint density at radius 3 is 2.43 bits per heavy atom. The van der Waals surface area contributed by atoms with Gasteiger partial charge in [0.05, 0.1) is 0 Å². The molecule has 4 heteroatoms. The normalized spacial score (nSPS) is 12.3. The van der Waals surface area contributed by atoms with Gasteiger partial charge in [0.1, 0.15) is 11.6 Å². The standard InChI is InChI=1S/C19H25FNOP/c1-12-8-13(2)18(22)17(9-12)23-16-7-6-15(20)10-14(16)11-21-19(3,4)5/h6-10,21-23H,11H2,1-5H3. The first-order valence-corrected chi connectivity index (χ1v) is 8.76. The predicted molar refractivity (Wildman–Crippen MR) is 98.2 cm³/mol. The monoisotopic (exact) mass is 333 g/mol. The number of rotatable bonds is 4. The van der Waals surface area contributed by atoms with Crippen molar-refractivity contribution in [2.75, 3.05) is 0 Å². The predicted octanol–water partition coefficient (Wildman–Crippen LogP) is 3.67. The third-order valence-corrected chi connectivity index (χ3v) is 5.00. The number of benzene rings is 2. The topological polar surface area (TPSA) is 32.3 Å². The van der Waals surface area contributed by atoms with Gasteiger partial charge in [0.25, 0.3) is 0 Å². The summed E-state index contributed by atoms with van der Waals surface area (Å²) in [5, 5.41) is 15.7. The van der Waals surface area contributed by atoms with Crippen molar-refractivity contribution in [3.63, 3.8) is 0 Å². The maximum atomic E-state index is 13.6. The van der Waals surface area contributed by atoms with Crippen molar-refractivity contribution in [1.29, 1.82) is 0 Å². The van der Waals surface area contributed by atoms with Crippen LogP contribution in [0.5, 0.6) is 5.75 Å². The maximum absolute atomic E-state index is 13.6. The molecule has 0 radical (unpaired) electrons. The van der Waals surface area contributed by atoms with E-state index in [0.29, 0.717) is 20.9 Å². The second-order valence-electron chi connectivity index (χ2n) is 7.01. The van der Waals surface area contributed by atoms with Crippen LogP contribution in [0.3, 0.4) is 0 Å². The van der Waals surface area contributed by atoms with Crippen LogP contribution in [0.4, 0.5) is 4.39 Å². The second kappa shape index (κ2) is 6.98. The highest BCUT2D eigenvalue weighted by molar-refractivity contribution is 7.55. The van der Waals surface area contributed by atoms with Gasteiger partial charge in [-0.3, -0.25) is 0 Å². The van der Waals surface area contributed by atoms with Crippen LogP contribution in [0.15, 0.2) is 30.3 Å². The summed E-state index contributed by atoms with van der Waals surface area (Å²) >= 11 is 0. The molecule has 1 unspecified atom stereocenters. The molecular formula is C19H25FNOP. The van der Waals surface area contributed by atoms with E-state index in [1.807, 2.05) is 32.0 Å². The highest BCUT2D eigenvalue weighted by Crippen LogP contribution is 2.25. The Labute approximate surface area is 139 Å². The van der Waals surface area contributed by atoms with Crippen molar-refractivity contribution in [1.82, 2.24) is 5.32 Å². The van der Waals surface area contributed by atoms with Gasteiger partial charge in [-0.2, -0.15) is 0 Å². The SMILES string of the molecule is Cc1cc(C)c(O)c(Pc2ccc(F)cc2CNC(C)(C)C)c1. The molecule has 2 N–H and O–H groups in total. The van der Waals surface area contributed by atoms with E-state index in [-0.39, 0.29) is 11.4 Å². The summed E-state index contributed by atoms with van der Waals surface area (Å²) in [4.78, 5) is 0. The Morgan fingerprint density at radius 2 is 1.78 bits per heavy atom. The van der Waals surface area contributed by atoms with E-state index in [9.17, 15) is 9.50 Å². The first-order valence-electron chi connectivity index (χ1n) is 7.76. The van der Waals surface area contributed by atoms with Gasteiger partial charge in [0.15, 0.2) is 0 Å². The average Bonchev–Trinajstić information content (AvgIpc) is 2.43. The molecular weight excluding hydrogens is 308 g/mol. The number of nitrogens with one attached hydrogen (secondary N) is 1. The maximum Gasteiger partial charge on any atom is 0.126 e. The molecule has 0 aromatic heterocycles. The van der Waals surface area contributed by atoms with E-state index in [1.54, 1.807) is 6.07 Å². The lowest BCUT2D eigenvalue weighted by molar-refractivity contribution is 0.424. The summed E-state index contributed by atoms with van der Waals surface area (Å²) in [7, 11) is 0.300. The van der Waals surface area contributed by atoms with Gasteiger partial charge in [-0.25, -0.2) is 4.39 Å². The summed E-state index contributed by atoms with van der Waals surface area (Å²) in [5.41, 5.74) is 2.91. The Balaban J connectivity index is 2.33. The van der Waals surface area contributed by atoms with Crippen molar-refractivity contribution >= 4 is 19.2 Å². The van der Waals surface area contributed by atoms with Crippen LogP contribution in [0.1, 0.15) is 37.5 Å². The molecule has 2 rings (SSSR count). The third kappa shape index (κ3) is 5.02. The Bertz CT molecular complexity index is 707. The summed E-state index contributed by atoms with van der Waals surface area (Å²) in [6.07, 6.45) is 0. The Morgan fingerprint density at radius 1 is 1.09 bits per heavy atom. The number of phenols is 1. The zero-order chi connectivity index (χ0) is 17.2. The fourth-order valence-electron chi connectivity index (χ4n) is 2.39. The van der Waals surface area contributed by atoms with Gasteiger partial charge in [-0.15, -0.1) is 0 Å². The van der Waals surface area contributed by atoms with Gasteiger partial charge >= 0.3 is 0 Å². The summed E-state index contributed by atoms with van der Waals surface area (Å²) in [6, 6.07) is 8.87. The van der Waals surface area contributed by atoms with Crippen LogP contribution in [0.25, 0.3) is 0 Å². The van der Waals surface area contributed by atoms with E-state index in [2.05, 4.69) is 26.1 Å². The second-order valence-corrected chi connectivity index (χ2v) is 8.34. The molecule has 1 atom stereocenters. The number of aryl methyl sites for hydroxylation is 2. The Hall–Kier alpha value is -1.44. The lowest BCUT2D eigenvalue weighted by atomic mass is 10.1. The molecule has 0 saturated heterocycles. The molecule has 0 heterocycles. The van der Waals surface area contributed by atoms with Crippen molar-refractivity contribution in [3.8, 4) is 5.75 Å². The van der Waals surface area contributed by atoms with Crippen LogP contribution in [-0.4, -0.2) is 10.6 Å². The van der Waals surface area contributed by atoms with Crippen molar-refractivity contribution in [2.45, 2.75) is 46.7 Å². The molecule has 0 aliphatic heterocycles.